The van der Waals surface area contributed by atoms with Crippen LogP contribution >= 0.6 is 23.2 Å². The van der Waals surface area contributed by atoms with Gasteiger partial charge < -0.3 is 10.6 Å². The van der Waals surface area contributed by atoms with Crippen LogP contribution in [-0.2, 0) is 0 Å². The summed E-state index contributed by atoms with van der Waals surface area (Å²) in [4.78, 5) is 14.0. The molecule has 1 amide bonds. The molecule has 0 aliphatic carbocycles. The van der Waals surface area contributed by atoms with E-state index < -0.39 is 0 Å². The van der Waals surface area contributed by atoms with E-state index in [9.17, 15) is 4.79 Å². The zero-order valence-electron chi connectivity index (χ0n) is 9.33. The molecule has 2 rings (SSSR count). The predicted molar refractivity (Wildman–Crippen MR) is 69.6 cm³/mol. The van der Waals surface area contributed by atoms with Gasteiger partial charge >= 0.3 is 0 Å². The van der Waals surface area contributed by atoms with Gasteiger partial charge in [-0.15, -0.1) is 0 Å². The van der Waals surface area contributed by atoms with Crippen LogP contribution in [0, 0.1) is 0 Å². The van der Waals surface area contributed by atoms with E-state index in [1.54, 1.807) is 23.1 Å². The van der Waals surface area contributed by atoms with Crippen LogP contribution in [0.1, 0.15) is 23.2 Å². The number of piperidine rings is 1. The van der Waals surface area contributed by atoms with Gasteiger partial charge in [0.2, 0.25) is 0 Å². The van der Waals surface area contributed by atoms with Crippen molar-refractivity contribution in [1.29, 1.82) is 0 Å². The Morgan fingerprint density at radius 1 is 1.35 bits per heavy atom. The summed E-state index contributed by atoms with van der Waals surface area (Å²) in [6.45, 7) is 1.29. The predicted octanol–water partition coefficient (Wildman–Crippen LogP) is 2.56. The molecule has 92 valence electrons. The molecule has 1 aliphatic rings. The molecular weight excluding hydrogens is 259 g/mol. The number of nitrogens with zero attached hydrogens (tertiary/aromatic N) is 1. The maximum atomic E-state index is 12.3. The van der Waals surface area contributed by atoms with Gasteiger partial charge in [0.1, 0.15) is 0 Å². The molecule has 1 aliphatic heterocycles. The maximum Gasteiger partial charge on any atom is 0.256 e. The third kappa shape index (κ3) is 2.73. The number of carbonyl (C=O) groups excluding carboxylic acids is 1. The highest BCUT2D eigenvalue weighted by Crippen LogP contribution is 2.26. The topological polar surface area (TPSA) is 46.3 Å². The molecule has 5 heteroatoms. The third-order valence-corrected chi connectivity index (χ3v) is 3.55. The molecule has 1 heterocycles. The van der Waals surface area contributed by atoms with E-state index in [2.05, 4.69) is 0 Å². The first kappa shape index (κ1) is 12.7. The highest BCUT2D eigenvalue weighted by molar-refractivity contribution is 6.39. The minimum Gasteiger partial charge on any atom is -0.337 e. The summed E-state index contributed by atoms with van der Waals surface area (Å²) in [7, 11) is 0. The molecule has 0 bridgehead atoms. The van der Waals surface area contributed by atoms with E-state index in [0.29, 0.717) is 28.7 Å². The van der Waals surface area contributed by atoms with E-state index in [-0.39, 0.29) is 11.9 Å². The van der Waals surface area contributed by atoms with Crippen molar-refractivity contribution >= 4 is 29.1 Å². The number of halogens is 2. The molecule has 1 saturated heterocycles. The van der Waals surface area contributed by atoms with Crippen LogP contribution in [0.4, 0.5) is 0 Å². The highest BCUT2D eigenvalue weighted by atomic mass is 35.5. The highest BCUT2D eigenvalue weighted by Gasteiger charge is 2.25. The Balaban J connectivity index is 2.24. The molecule has 1 aromatic carbocycles. The van der Waals surface area contributed by atoms with Crippen LogP contribution in [0.5, 0.6) is 0 Å². The van der Waals surface area contributed by atoms with E-state index in [1.807, 2.05) is 0 Å². The Bertz CT molecular complexity index is 416. The lowest BCUT2D eigenvalue weighted by Gasteiger charge is -2.31. The van der Waals surface area contributed by atoms with Gasteiger partial charge in [0.05, 0.1) is 15.6 Å². The van der Waals surface area contributed by atoms with Crippen LogP contribution in [0.3, 0.4) is 0 Å². The van der Waals surface area contributed by atoms with Gasteiger partial charge in [0, 0.05) is 19.1 Å². The fourth-order valence-corrected chi connectivity index (χ4v) is 2.61. The Labute approximate surface area is 110 Å². The smallest absolute Gasteiger partial charge is 0.256 e. The quantitative estimate of drug-likeness (QED) is 0.854. The summed E-state index contributed by atoms with van der Waals surface area (Å²) in [6.07, 6.45) is 1.88. The van der Waals surface area contributed by atoms with Gasteiger partial charge in [-0.1, -0.05) is 29.3 Å². The molecule has 2 N–H and O–H groups in total. The molecule has 1 atom stereocenters. The summed E-state index contributed by atoms with van der Waals surface area (Å²) in [5, 5.41) is 0.781. The van der Waals surface area contributed by atoms with Crippen molar-refractivity contribution in [1.82, 2.24) is 4.90 Å². The molecule has 1 unspecified atom stereocenters. The molecule has 0 spiro atoms. The molecule has 1 fully saturated rings. The average molecular weight is 273 g/mol. The SMILES string of the molecule is NC1CCCN(C(=O)c2c(Cl)cccc2Cl)C1. The van der Waals surface area contributed by atoms with Crippen molar-refractivity contribution in [2.45, 2.75) is 18.9 Å². The Morgan fingerprint density at radius 2 is 2.00 bits per heavy atom. The first-order valence-electron chi connectivity index (χ1n) is 5.58. The van der Waals surface area contributed by atoms with Gasteiger partial charge in [-0.05, 0) is 25.0 Å². The van der Waals surface area contributed by atoms with E-state index in [1.165, 1.54) is 0 Å². The molecular formula is C12H14Cl2N2O. The van der Waals surface area contributed by atoms with Gasteiger partial charge in [-0.25, -0.2) is 0 Å². The molecule has 17 heavy (non-hydrogen) atoms. The van der Waals surface area contributed by atoms with Crippen molar-refractivity contribution in [2.75, 3.05) is 13.1 Å². The maximum absolute atomic E-state index is 12.3. The van der Waals surface area contributed by atoms with Gasteiger partial charge in [-0.3, -0.25) is 4.79 Å². The monoisotopic (exact) mass is 272 g/mol. The van der Waals surface area contributed by atoms with Crippen molar-refractivity contribution in [3.8, 4) is 0 Å². The zero-order chi connectivity index (χ0) is 12.4. The third-order valence-electron chi connectivity index (χ3n) is 2.92. The standard InChI is InChI=1S/C12H14Cl2N2O/c13-9-4-1-5-10(14)11(9)12(17)16-6-2-3-8(15)7-16/h1,4-5,8H,2-3,6-7,15H2. The van der Waals surface area contributed by atoms with Gasteiger partial charge in [0.25, 0.3) is 5.91 Å². The van der Waals surface area contributed by atoms with Gasteiger partial charge in [-0.2, -0.15) is 0 Å². The zero-order valence-corrected chi connectivity index (χ0v) is 10.8. The Morgan fingerprint density at radius 3 is 2.59 bits per heavy atom. The molecule has 0 radical (unpaired) electrons. The van der Waals surface area contributed by atoms with Crippen molar-refractivity contribution in [3.05, 3.63) is 33.8 Å². The number of hydrogen-bond donors (Lipinski definition) is 1. The fraction of sp³-hybridized carbons (Fsp3) is 0.417. The normalized spacial score (nSPS) is 20.4. The fourth-order valence-electron chi connectivity index (χ4n) is 2.05. The first-order chi connectivity index (χ1) is 8.09. The number of rotatable bonds is 1. The second-order valence-electron chi connectivity index (χ2n) is 4.25. The van der Waals surface area contributed by atoms with E-state index in [0.717, 1.165) is 12.8 Å². The summed E-state index contributed by atoms with van der Waals surface area (Å²) in [5.74, 6) is -0.129. The van der Waals surface area contributed by atoms with Crippen molar-refractivity contribution < 1.29 is 4.79 Å². The minimum atomic E-state index is -0.129. The second kappa shape index (κ2) is 5.25. The van der Waals surface area contributed by atoms with Crippen LogP contribution in [0.25, 0.3) is 0 Å². The molecule has 0 aromatic heterocycles. The Kier molecular flexibility index (Phi) is 3.92. The lowest BCUT2D eigenvalue weighted by atomic mass is 10.1. The Hall–Kier alpha value is -0.770. The number of benzene rings is 1. The van der Waals surface area contributed by atoms with Gasteiger partial charge in [0.15, 0.2) is 0 Å². The molecule has 1 aromatic rings. The lowest BCUT2D eigenvalue weighted by molar-refractivity contribution is 0.0709. The number of amides is 1. The van der Waals surface area contributed by atoms with E-state index >= 15 is 0 Å². The van der Waals surface area contributed by atoms with Crippen molar-refractivity contribution in [3.63, 3.8) is 0 Å². The molecule has 0 saturated carbocycles. The van der Waals surface area contributed by atoms with Crippen LogP contribution in [0.2, 0.25) is 10.0 Å². The minimum absolute atomic E-state index is 0.0500. The summed E-state index contributed by atoms with van der Waals surface area (Å²) in [6, 6.07) is 5.12. The number of carbonyl (C=O) groups is 1. The average Bonchev–Trinajstić information content (AvgIpc) is 2.28. The van der Waals surface area contributed by atoms with Crippen molar-refractivity contribution in [2.24, 2.45) is 5.73 Å². The summed E-state index contributed by atoms with van der Waals surface area (Å²) < 4.78 is 0. The van der Waals surface area contributed by atoms with E-state index in [4.69, 9.17) is 28.9 Å². The summed E-state index contributed by atoms with van der Waals surface area (Å²) in [5.41, 5.74) is 6.24. The first-order valence-corrected chi connectivity index (χ1v) is 6.34. The largest absolute Gasteiger partial charge is 0.337 e. The lowest BCUT2D eigenvalue weighted by Crippen LogP contribution is -2.45. The number of likely N-dealkylation sites (tertiary alicyclic amines) is 1. The second-order valence-corrected chi connectivity index (χ2v) is 5.06. The van der Waals surface area contributed by atoms with Crippen LogP contribution in [-0.4, -0.2) is 29.9 Å². The number of hydrogen-bond acceptors (Lipinski definition) is 2. The van der Waals surface area contributed by atoms with Crippen LogP contribution in [0.15, 0.2) is 18.2 Å². The summed E-state index contributed by atoms with van der Waals surface area (Å²) >= 11 is 12.0. The van der Waals surface area contributed by atoms with Crippen LogP contribution < -0.4 is 5.73 Å². The number of nitrogens with two attached hydrogens (primary N) is 1. The molecule has 3 nitrogen and oxygen atoms in total.